The van der Waals surface area contributed by atoms with E-state index in [1.165, 1.54) is 11.6 Å². The van der Waals surface area contributed by atoms with E-state index in [9.17, 15) is 22.8 Å². The molecule has 4 rings (SSSR count). The number of rotatable bonds is 3. The number of halogens is 3. The molecule has 0 radical (unpaired) electrons. The number of anilines is 2. The number of hydrogen-bond acceptors (Lipinski definition) is 4. The molecule has 0 spiro atoms. The van der Waals surface area contributed by atoms with Crippen LogP contribution in [0.2, 0.25) is 0 Å². The van der Waals surface area contributed by atoms with Gasteiger partial charge in [0.2, 0.25) is 11.8 Å². The number of nitrogens with zero attached hydrogens (tertiary/aromatic N) is 2. The molecule has 2 aromatic rings. The molecule has 2 heterocycles. The Balaban J connectivity index is 1.36. The number of fused-ring (bicyclic) bond motifs is 1. The lowest BCUT2D eigenvalue weighted by atomic mass is 10.1. The molecule has 0 aromatic heterocycles. The van der Waals surface area contributed by atoms with Crippen molar-refractivity contribution in [3.63, 3.8) is 0 Å². The average Bonchev–Trinajstić information content (AvgIpc) is 2.73. The second-order valence-corrected chi connectivity index (χ2v) is 8.96. The van der Waals surface area contributed by atoms with E-state index in [-0.39, 0.29) is 18.0 Å². The number of hydrogen-bond donors (Lipinski definition) is 1. The minimum atomic E-state index is -4.47. The quantitative estimate of drug-likeness (QED) is 0.765. The molecular formula is C22H22F3N3O2S. The molecule has 2 aliphatic rings. The van der Waals surface area contributed by atoms with Gasteiger partial charge in [-0.1, -0.05) is 12.1 Å². The Labute approximate surface area is 182 Å². The van der Waals surface area contributed by atoms with Gasteiger partial charge in [-0.05, 0) is 42.8 Å². The predicted octanol–water partition coefficient (Wildman–Crippen LogP) is 4.17. The number of alkyl halides is 3. The number of benzene rings is 2. The van der Waals surface area contributed by atoms with Crippen molar-refractivity contribution in [1.29, 1.82) is 0 Å². The van der Waals surface area contributed by atoms with Gasteiger partial charge in [-0.25, -0.2) is 0 Å². The van der Waals surface area contributed by atoms with Crippen molar-refractivity contribution in [1.82, 2.24) is 4.90 Å². The highest BCUT2D eigenvalue weighted by Crippen LogP contribution is 2.40. The van der Waals surface area contributed by atoms with Gasteiger partial charge in [0, 0.05) is 43.2 Å². The molecule has 5 nitrogen and oxygen atoms in total. The molecule has 0 saturated carbocycles. The Kier molecular flexibility index (Phi) is 5.88. The largest absolute Gasteiger partial charge is 0.416 e. The maximum absolute atomic E-state index is 12.9. The lowest BCUT2D eigenvalue weighted by Gasteiger charge is -2.37. The van der Waals surface area contributed by atoms with Crippen molar-refractivity contribution in [3.8, 4) is 0 Å². The molecule has 0 bridgehead atoms. The molecule has 0 unspecified atom stereocenters. The molecule has 9 heteroatoms. The molecule has 1 atom stereocenters. The fraction of sp³-hybridized carbons (Fsp3) is 0.364. The third kappa shape index (κ3) is 4.81. The Morgan fingerprint density at radius 1 is 1.13 bits per heavy atom. The number of carbonyl (C=O) groups is 2. The van der Waals surface area contributed by atoms with Gasteiger partial charge in [-0.3, -0.25) is 9.59 Å². The first-order valence-electron chi connectivity index (χ1n) is 9.99. The van der Waals surface area contributed by atoms with Crippen LogP contribution in [0, 0.1) is 6.92 Å². The highest BCUT2D eigenvalue weighted by Gasteiger charge is 2.35. The van der Waals surface area contributed by atoms with Gasteiger partial charge in [-0.2, -0.15) is 13.2 Å². The van der Waals surface area contributed by atoms with Gasteiger partial charge in [0.25, 0.3) is 0 Å². The minimum absolute atomic E-state index is 0.0153. The Bertz CT molecular complexity index is 1000. The van der Waals surface area contributed by atoms with E-state index in [1.54, 1.807) is 4.90 Å². The average molecular weight is 449 g/mol. The lowest BCUT2D eigenvalue weighted by molar-refractivity contribution is -0.137. The topological polar surface area (TPSA) is 52.6 Å². The van der Waals surface area contributed by atoms with E-state index in [0.29, 0.717) is 31.1 Å². The summed E-state index contributed by atoms with van der Waals surface area (Å²) in [4.78, 5) is 29.7. The van der Waals surface area contributed by atoms with Crippen LogP contribution in [0.15, 0.2) is 47.4 Å². The van der Waals surface area contributed by atoms with Crippen LogP contribution in [0.5, 0.6) is 0 Å². The van der Waals surface area contributed by atoms with E-state index >= 15 is 0 Å². The Morgan fingerprint density at radius 2 is 1.87 bits per heavy atom. The zero-order valence-corrected chi connectivity index (χ0v) is 17.7. The van der Waals surface area contributed by atoms with Gasteiger partial charge in [0.1, 0.15) is 0 Å². The monoisotopic (exact) mass is 449 g/mol. The third-order valence-electron chi connectivity index (χ3n) is 5.49. The first-order chi connectivity index (χ1) is 14.7. The van der Waals surface area contributed by atoms with Crippen LogP contribution in [-0.4, -0.2) is 48.1 Å². The van der Waals surface area contributed by atoms with Crippen molar-refractivity contribution < 1.29 is 22.8 Å². The van der Waals surface area contributed by atoms with Crippen molar-refractivity contribution >= 4 is 35.0 Å². The van der Waals surface area contributed by atoms with Gasteiger partial charge in [-0.15, -0.1) is 11.8 Å². The van der Waals surface area contributed by atoms with Gasteiger partial charge in [0.15, 0.2) is 0 Å². The van der Waals surface area contributed by atoms with Crippen LogP contribution < -0.4 is 10.2 Å². The van der Waals surface area contributed by atoms with Crippen molar-refractivity contribution in [2.45, 2.75) is 29.7 Å². The molecule has 164 valence electrons. The maximum atomic E-state index is 12.9. The van der Waals surface area contributed by atoms with E-state index in [0.717, 1.165) is 29.6 Å². The summed E-state index contributed by atoms with van der Waals surface area (Å²) in [6.07, 6.45) is -4.46. The summed E-state index contributed by atoms with van der Waals surface area (Å²) in [5.74, 6) is -0.560. The molecule has 1 N–H and O–H groups in total. The highest BCUT2D eigenvalue weighted by atomic mass is 32.2. The number of amides is 2. The predicted molar refractivity (Wildman–Crippen MR) is 114 cm³/mol. The standard InChI is InChI=1S/C22H22F3N3O2S/c1-14-3-2-4-16(11-14)27-7-9-28(10-8-27)20(29)13-19-21(30)26-17-12-15(22(23,24)25)5-6-18(17)31-19/h2-6,11-12,19H,7-10,13H2,1H3,(H,26,30)/t19-/m0/s1. The Hall–Kier alpha value is -2.68. The van der Waals surface area contributed by atoms with Crippen LogP contribution in [0.3, 0.4) is 0 Å². The van der Waals surface area contributed by atoms with Crippen LogP contribution in [-0.2, 0) is 15.8 Å². The SMILES string of the molecule is Cc1cccc(N2CCN(C(=O)C[C@@H]3Sc4ccc(C(F)(F)F)cc4NC3=O)CC2)c1. The summed E-state index contributed by atoms with van der Waals surface area (Å²) in [5, 5.41) is 1.87. The first-order valence-corrected chi connectivity index (χ1v) is 10.9. The number of aryl methyl sites for hydroxylation is 1. The number of nitrogens with one attached hydrogen (secondary N) is 1. The minimum Gasteiger partial charge on any atom is -0.368 e. The van der Waals surface area contributed by atoms with Gasteiger partial charge in [0.05, 0.1) is 16.5 Å². The zero-order valence-electron chi connectivity index (χ0n) is 16.9. The molecule has 2 amide bonds. The second kappa shape index (κ2) is 8.45. The summed E-state index contributed by atoms with van der Waals surface area (Å²) in [7, 11) is 0. The van der Waals surface area contributed by atoms with E-state index in [4.69, 9.17) is 0 Å². The van der Waals surface area contributed by atoms with Crippen LogP contribution in [0.4, 0.5) is 24.5 Å². The molecule has 2 aromatic carbocycles. The van der Waals surface area contributed by atoms with Gasteiger partial charge >= 0.3 is 6.18 Å². The zero-order chi connectivity index (χ0) is 22.2. The second-order valence-electron chi connectivity index (χ2n) is 7.72. The van der Waals surface area contributed by atoms with Crippen molar-refractivity contribution in [2.24, 2.45) is 0 Å². The summed E-state index contributed by atoms with van der Waals surface area (Å²) < 4.78 is 38.7. The lowest BCUT2D eigenvalue weighted by Crippen LogP contribution is -2.49. The van der Waals surface area contributed by atoms with Crippen molar-refractivity contribution in [2.75, 3.05) is 36.4 Å². The van der Waals surface area contributed by atoms with E-state index in [1.807, 2.05) is 19.1 Å². The van der Waals surface area contributed by atoms with Crippen LogP contribution in [0.25, 0.3) is 0 Å². The third-order valence-corrected chi connectivity index (χ3v) is 6.76. The molecule has 0 aliphatic carbocycles. The smallest absolute Gasteiger partial charge is 0.368 e. The van der Waals surface area contributed by atoms with Crippen LogP contribution >= 0.6 is 11.8 Å². The van der Waals surface area contributed by atoms with E-state index < -0.39 is 22.9 Å². The number of piperazine rings is 1. The highest BCUT2D eigenvalue weighted by molar-refractivity contribution is 8.01. The summed E-state index contributed by atoms with van der Waals surface area (Å²) >= 11 is 1.14. The fourth-order valence-corrected chi connectivity index (χ4v) is 4.87. The summed E-state index contributed by atoms with van der Waals surface area (Å²) in [6, 6.07) is 11.5. The normalized spacial score (nSPS) is 19.1. The summed E-state index contributed by atoms with van der Waals surface area (Å²) in [6.45, 7) is 4.59. The number of thioether (sulfide) groups is 1. The molecule has 1 saturated heterocycles. The fourth-order valence-electron chi connectivity index (χ4n) is 3.79. The Morgan fingerprint density at radius 3 is 2.55 bits per heavy atom. The molecule has 2 aliphatic heterocycles. The molecule has 1 fully saturated rings. The van der Waals surface area contributed by atoms with Crippen molar-refractivity contribution in [3.05, 3.63) is 53.6 Å². The van der Waals surface area contributed by atoms with Gasteiger partial charge < -0.3 is 15.1 Å². The molecule has 31 heavy (non-hydrogen) atoms. The summed E-state index contributed by atoms with van der Waals surface area (Å²) in [5.41, 5.74) is 1.64. The number of carbonyl (C=O) groups excluding carboxylic acids is 2. The molecular weight excluding hydrogens is 427 g/mol. The van der Waals surface area contributed by atoms with Crippen LogP contribution in [0.1, 0.15) is 17.5 Å². The maximum Gasteiger partial charge on any atom is 0.416 e. The first kappa shape index (κ1) is 21.5. The van der Waals surface area contributed by atoms with E-state index in [2.05, 4.69) is 22.3 Å².